The van der Waals surface area contributed by atoms with Gasteiger partial charge in [-0.1, -0.05) is 18.2 Å². The average molecular weight is 261 g/mol. The highest BCUT2D eigenvalue weighted by atomic mass is 16.5. The molecule has 0 bridgehead atoms. The van der Waals surface area contributed by atoms with Crippen molar-refractivity contribution in [3.05, 3.63) is 29.8 Å². The molecule has 0 amide bonds. The predicted molar refractivity (Wildman–Crippen MR) is 75.3 cm³/mol. The van der Waals surface area contributed by atoms with E-state index in [4.69, 9.17) is 4.74 Å². The number of hydrogen-bond acceptors (Lipinski definition) is 3. The molecule has 104 valence electrons. The number of rotatable bonds is 2. The summed E-state index contributed by atoms with van der Waals surface area (Å²) in [5.74, 6) is 1.00. The van der Waals surface area contributed by atoms with Gasteiger partial charge < -0.3 is 15.2 Å². The van der Waals surface area contributed by atoms with Gasteiger partial charge in [0.15, 0.2) is 0 Å². The highest BCUT2D eigenvalue weighted by molar-refractivity contribution is 5.42. The van der Waals surface area contributed by atoms with Gasteiger partial charge in [0, 0.05) is 11.6 Å². The molecule has 1 unspecified atom stereocenters. The highest BCUT2D eigenvalue weighted by Crippen LogP contribution is 2.43. The number of nitrogens with one attached hydrogen (secondary N) is 1. The lowest BCUT2D eigenvalue weighted by Crippen LogP contribution is -2.45. The molecule has 3 heteroatoms. The summed E-state index contributed by atoms with van der Waals surface area (Å²) in [4.78, 5) is 0. The first-order valence-corrected chi connectivity index (χ1v) is 7.28. The Hall–Kier alpha value is -1.06. The van der Waals surface area contributed by atoms with Gasteiger partial charge in [0.2, 0.25) is 0 Å². The van der Waals surface area contributed by atoms with Gasteiger partial charge in [0.1, 0.15) is 11.4 Å². The van der Waals surface area contributed by atoms with E-state index in [-0.39, 0.29) is 17.7 Å². The molecule has 0 aromatic heterocycles. The molecule has 1 aromatic carbocycles. The zero-order valence-corrected chi connectivity index (χ0v) is 11.7. The molecule has 19 heavy (non-hydrogen) atoms. The third kappa shape index (κ3) is 2.49. The van der Waals surface area contributed by atoms with Crippen molar-refractivity contribution in [3.63, 3.8) is 0 Å². The number of ether oxygens (including phenoxy) is 1. The SMILES string of the molecule is CC1(C)Oc2ccccc2C1NC1CCC(O)CC1. The Balaban J connectivity index is 1.76. The van der Waals surface area contributed by atoms with Crippen molar-refractivity contribution in [2.45, 2.75) is 63.3 Å². The third-order valence-electron chi connectivity index (χ3n) is 4.40. The van der Waals surface area contributed by atoms with Gasteiger partial charge in [-0.3, -0.25) is 0 Å². The number of fused-ring (bicyclic) bond motifs is 1. The van der Waals surface area contributed by atoms with Crippen LogP contribution in [0.1, 0.15) is 51.1 Å². The van der Waals surface area contributed by atoms with E-state index < -0.39 is 0 Å². The van der Waals surface area contributed by atoms with Crippen molar-refractivity contribution in [3.8, 4) is 5.75 Å². The second-order valence-electron chi connectivity index (χ2n) is 6.35. The minimum Gasteiger partial charge on any atom is -0.486 e. The maximum atomic E-state index is 9.60. The smallest absolute Gasteiger partial charge is 0.125 e. The van der Waals surface area contributed by atoms with Crippen molar-refractivity contribution in [2.75, 3.05) is 0 Å². The van der Waals surface area contributed by atoms with Crippen LogP contribution in [0.2, 0.25) is 0 Å². The fourth-order valence-electron chi connectivity index (χ4n) is 3.30. The van der Waals surface area contributed by atoms with E-state index in [2.05, 4.69) is 31.3 Å². The first-order valence-electron chi connectivity index (χ1n) is 7.28. The quantitative estimate of drug-likeness (QED) is 0.860. The number of aliphatic hydroxyl groups is 1. The number of hydrogen-bond donors (Lipinski definition) is 2. The summed E-state index contributed by atoms with van der Waals surface area (Å²) in [6, 6.07) is 9.02. The molecular formula is C16H23NO2. The van der Waals surface area contributed by atoms with E-state index in [0.29, 0.717) is 6.04 Å². The standard InChI is InChI=1S/C16H23NO2/c1-16(2)15(13-5-3-4-6-14(13)19-16)17-11-7-9-12(18)10-8-11/h3-6,11-12,15,17-18H,7-10H2,1-2H3. The van der Waals surface area contributed by atoms with Gasteiger partial charge in [-0.05, 0) is 45.6 Å². The molecule has 1 atom stereocenters. The molecule has 1 fully saturated rings. The van der Waals surface area contributed by atoms with Gasteiger partial charge in [-0.25, -0.2) is 0 Å². The van der Waals surface area contributed by atoms with Crippen molar-refractivity contribution >= 4 is 0 Å². The summed E-state index contributed by atoms with van der Waals surface area (Å²) in [6.07, 6.45) is 3.82. The summed E-state index contributed by atoms with van der Waals surface area (Å²) >= 11 is 0. The summed E-state index contributed by atoms with van der Waals surface area (Å²) in [5.41, 5.74) is 1.05. The fraction of sp³-hybridized carbons (Fsp3) is 0.625. The van der Waals surface area contributed by atoms with Crippen LogP contribution in [0.5, 0.6) is 5.75 Å². The van der Waals surface area contributed by atoms with Crippen LogP contribution in [-0.4, -0.2) is 22.9 Å². The van der Waals surface area contributed by atoms with Crippen LogP contribution in [0.4, 0.5) is 0 Å². The van der Waals surface area contributed by atoms with Crippen molar-refractivity contribution in [2.24, 2.45) is 0 Å². The van der Waals surface area contributed by atoms with Crippen LogP contribution in [0.25, 0.3) is 0 Å². The van der Waals surface area contributed by atoms with Crippen LogP contribution in [0.15, 0.2) is 24.3 Å². The van der Waals surface area contributed by atoms with Gasteiger partial charge >= 0.3 is 0 Å². The molecule has 3 rings (SSSR count). The first kappa shape index (κ1) is 12.9. The van der Waals surface area contributed by atoms with Gasteiger partial charge in [0.05, 0.1) is 12.1 Å². The van der Waals surface area contributed by atoms with Crippen molar-refractivity contribution < 1.29 is 9.84 Å². The van der Waals surface area contributed by atoms with Gasteiger partial charge in [-0.2, -0.15) is 0 Å². The minimum absolute atomic E-state index is 0.0989. The molecule has 1 aromatic rings. The minimum atomic E-state index is -0.209. The van der Waals surface area contributed by atoms with Crippen molar-refractivity contribution in [1.82, 2.24) is 5.32 Å². The number of benzene rings is 1. The summed E-state index contributed by atoms with van der Waals surface area (Å²) in [6.45, 7) is 4.28. The number of aliphatic hydroxyl groups excluding tert-OH is 1. The zero-order valence-electron chi connectivity index (χ0n) is 11.7. The molecule has 2 N–H and O–H groups in total. The van der Waals surface area contributed by atoms with E-state index in [1.807, 2.05) is 12.1 Å². The van der Waals surface area contributed by atoms with Crippen LogP contribution in [-0.2, 0) is 0 Å². The van der Waals surface area contributed by atoms with E-state index in [1.165, 1.54) is 5.56 Å². The van der Waals surface area contributed by atoms with E-state index in [1.54, 1.807) is 0 Å². The van der Waals surface area contributed by atoms with E-state index in [0.717, 1.165) is 31.4 Å². The Morgan fingerprint density at radius 2 is 1.84 bits per heavy atom. The highest BCUT2D eigenvalue weighted by Gasteiger charge is 2.42. The molecule has 1 heterocycles. The molecular weight excluding hydrogens is 238 g/mol. The van der Waals surface area contributed by atoms with Crippen LogP contribution < -0.4 is 10.1 Å². The largest absolute Gasteiger partial charge is 0.486 e. The Morgan fingerprint density at radius 1 is 1.16 bits per heavy atom. The lowest BCUT2D eigenvalue weighted by molar-refractivity contribution is 0.0748. The maximum Gasteiger partial charge on any atom is 0.125 e. The lowest BCUT2D eigenvalue weighted by Gasteiger charge is -2.34. The van der Waals surface area contributed by atoms with E-state index in [9.17, 15) is 5.11 Å². The molecule has 3 nitrogen and oxygen atoms in total. The van der Waals surface area contributed by atoms with Gasteiger partial charge in [-0.15, -0.1) is 0 Å². The zero-order chi connectivity index (χ0) is 13.5. The van der Waals surface area contributed by atoms with E-state index >= 15 is 0 Å². The monoisotopic (exact) mass is 261 g/mol. The van der Waals surface area contributed by atoms with Gasteiger partial charge in [0.25, 0.3) is 0 Å². The van der Waals surface area contributed by atoms with Crippen LogP contribution in [0, 0.1) is 0 Å². The topological polar surface area (TPSA) is 41.5 Å². The molecule has 1 saturated carbocycles. The summed E-state index contributed by atoms with van der Waals surface area (Å²) in [7, 11) is 0. The first-order chi connectivity index (χ1) is 9.06. The Morgan fingerprint density at radius 3 is 2.58 bits per heavy atom. The third-order valence-corrected chi connectivity index (χ3v) is 4.40. The average Bonchev–Trinajstić information content (AvgIpc) is 2.63. The molecule has 1 aliphatic heterocycles. The summed E-state index contributed by atoms with van der Waals surface area (Å²) in [5, 5.41) is 13.3. The van der Waals surface area contributed by atoms with Crippen LogP contribution >= 0.6 is 0 Å². The summed E-state index contributed by atoms with van der Waals surface area (Å²) < 4.78 is 6.06. The Labute approximate surface area is 115 Å². The second kappa shape index (κ2) is 4.80. The molecule has 0 spiro atoms. The maximum absolute atomic E-state index is 9.60. The normalized spacial score (nSPS) is 32.7. The molecule has 0 radical (unpaired) electrons. The van der Waals surface area contributed by atoms with Crippen LogP contribution in [0.3, 0.4) is 0 Å². The lowest BCUT2D eigenvalue weighted by atomic mass is 9.89. The van der Waals surface area contributed by atoms with Crippen molar-refractivity contribution in [1.29, 1.82) is 0 Å². The molecule has 1 aliphatic carbocycles. The predicted octanol–water partition coefficient (Wildman–Crippen LogP) is 2.79. The molecule has 0 saturated heterocycles. The Bertz CT molecular complexity index is 450. The second-order valence-corrected chi connectivity index (χ2v) is 6.35. The fourth-order valence-corrected chi connectivity index (χ4v) is 3.30. The Kier molecular flexibility index (Phi) is 3.27. The number of para-hydroxylation sites is 1. The molecule has 2 aliphatic rings.